The fourth-order valence-corrected chi connectivity index (χ4v) is 2.48. The molecule has 1 fully saturated rings. The number of likely N-dealkylation sites (tertiary alicyclic amines) is 1. The number of nitrogens with zero attached hydrogens (tertiary/aromatic N) is 1. The molecule has 2 rings (SSSR count). The monoisotopic (exact) mass is 272 g/mol. The van der Waals surface area contributed by atoms with Crippen LogP contribution < -0.4 is 5.32 Å². The van der Waals surface area contributed by atoms with E-state index in [0.29, 0.717) is 5.22 Å². The minimum absolute atomic E-state index is 0.128. The second-order valence-electron chi connectivity index (χ2n) is 4.83. The summed E-state index contributed by atoms with van der Waals surface area (Å²) < 4.78 is 5.25. The molecule has 1 unspecified atom stereocenters. The second kappa shape index (κ2) is 7.14. The van der Waals surface area contributed by atoms with Crippen LogP contribution in [-0.4, -0.2) is 42.3 Å². The van der Waals surface area contributed by atoms with Gasteiger partial charge in [-0.1, -0.05) is 0 Å². The molecule has 0 amide bonds. The third-order valence-corrected chi connectivity index (χ3v) is 3.44. The Morgan fingerprint density at radius 1 is 1.50 bits per heavy atom. The van der Waals surface area contributed by atoms with E-state index < -0.39 is 0 Å². The molecule has 1 aliphatic heterocycles. The lowest BCUT2D eigenvalue weighted by Gasteiger charge is -2.29. The maximum absolute atomic E-state index is 9.55. The summed E-state index contributed by atoms with van der Waals surface area (Å²) in [4.78, 5) is 2.33. The van der Waals surface area contributed by atoms with E-state index in [-0.39, 0.29) is 6.10 Å². The van der Waals surface area contributed by atoms with Gasteiger partial charge in [0.1, 0.15) is 5.76 Å². The van der Waals surface area contributed by atoms with Crippen LogP contribution in [0.3, 0.4) is 0 Å². The van der Waals surface area contributed by atoms with Gasteiger partial charge < -0.3 is 19.7 Å². The molecule has 102 valence electrons. The fraction of sp³-hybridized carbons (Fsp3) is 0.692. The molecule has 1 aromatic rings. The molecule has 1 aliphatic rings. The second-order valence-corrected chi connectivity index (χ2v) is 5.21. The minimum atomic E-state index is -0.128. The van der Waals surface area contributed by atoms with Gasteiger partial charge in [0.25, 0.3) is 0 Å². The lowest BCUT2D eigenvalue weighted by molar-refractivity contribution is 0.0702. The van der Waals surface area contributed by atoms with Crippen molar-refractivity contribution in [3.63, 3.8) is 0 Å². The van der Waals surface area contributed by atoms with Crippen LogP contribution in [0.15, 0.2) is 16.5 Å². The van der Waals surface area contributed by atoms with Crippen molar-refractivity contribution in [2.75, 3.05) is 26.2 Å². The summed E-state index contributed by atoms with van der Waals surface area (Å²) in [6.45, 7) is 4.65. The third-order valence-electron chi connectivity index (χ3n) is 3.24. The summed E-state index contributed by atoms with van der Waals surface area (Å²) in [6.07, 6.45) is 3.02. The highest BCUT2D eigenvalue weighted by atomic mass is 35.5. The summed E-state index contributed by atoms with van der Waals surface area (Å²) in [5, 5.41) is 13.3. The number of furan rings is 1. The summed E-state index contributed by atoms with van der Waals surface area (Å²) in [6, 6.07) is 3.64. The van der Waals surface area contributed by atoms with E-state index in [0.717, 1.165) is 57.7 Å². The first-order valence-electron chi connectivity index (χ1n) is 6.59. The number of β-amino-alcohol motifs (C(OH)–C–C–N with tert-alkyl or cyclic N) is 1. The lowest BCUT2D eigenvalue weighted by Crippen LogP contribution is -2.39. The van der Waals surface area contributed by atoms with Gasteiger partial charge in [-0.25, -0.2) is 0 Å². The van der Waals surface area contributed by atoms with Crippen LogP contribution in [0.5, 0.6) is 0 Å². The van der Waals surface area contributed by atoms with Crippen molar-refractivity contribution in [3.8, 4) is 0 Å². The molecule has 2 heterocycles. The molecule has 5 heteroatoms. The quantitative estimate of drug-likeness (QED) is 0.777. The van der Waals surface area contributed by atoms with E-state index >= 15 is 0 Å². The SMILES string of the molecule is OC1CCCN(CCCNCc2ccc(Cl)o2)C1. The Balaban J connectivity index is 1.53. The van der Waals surface area contributed by atoms with Gasteiger partial charge in [-0.2, -0.15) is 0 Å². The van der Waals surface area contributed by atoms with Gasteiger partial charge in [-0.05, 0) is 62.6 Å². The molecule has 0 bridgehead atoms. The largest absolute Gasteiger partial charge is 0.448 e. The normalized spacial score (nSPS) is 21.3. The van der Waals surface area contributed by atoms with Crippen molar-refractivity contribution in [2.45, 2.75) is 31.9 Å². The van der Waals surface area contributed by atoms with E-state index in [1.165, 1.54) is 0 Å². The van der Waals surface area contributed by atoms with E-state index in [2.05, 4.69) is 10.2 Å². The Labute approximate surface area is 113 Å². The molecule has 1 atom stereocenters. The number of nitrogens with one attached hydrogen (secondary N) is 1. The zero-order valence-corrected chi connectivity index (χ0v) is 11.3. The number of piperidine rings is 1. The highest BCUT2D eigenvalue weighted by molar-refractivity contribution is 6.28. The van der Waals surface area contributed by atoms with Gasteiger partial charge in [0, 0.05) is 6.54 Å². The van der Waals surface area contributed by atoms with Gasteiger partial charge in [-0.15, -0.1) is 0 Å². The zero-order valence-electron chi connectivity index (χ0n) is 10.6. The number of halogens is 1. The van der Waals surface area contributed by atoms with Crippen LogP contribution in [0.4, 0.5) is 0 Å². The average molecular weight is 273 g/mol. The molecule has 1 saturated heterocycles. The fourth-order valence-electron chi connectivity index (χ4n) is 2.32. The Bertz CT molecular complexity index is 357. The van der Waals surface area contributed by atoms with Crippen LogP contribution in [0, 0.1) is 0 Å². The van der Waals surface area contributed by atoms with Crippen LogP contribution in [0.25, 0.3) is 0 Å². The summed E-state index contributed by atoms with van der Waals surface area (Å²) in [5.41, 5.74) is 0. The molecule has 0 radical (unpaired) electrons. The van der Waals surface area contributed by atoms with Gasteiger partial charge >= 0.3 is 0 Å². The van der Waals surface area contributed by atoms with E-state index in [9.17, 15) is 5.11 Å². The van der Waals surface area contributed by atoms with E-state index in [4.69, 9.17) is 16.0 Å². The highest BCUT2D eigenvalue weighted by Crippen LogP contribution is 2.12. The molecule has 4 nitrogen and oxygen atoms in total. The van der Waals surface area contributed by atoms with Crippen LogP contribution in [0.2, 0.25) is 5.22 Å². The minimum Gasteiger partial charge on any atom is -0.448 e. The molecule has 0 aromatic carbocycles. The molecule has 0 spiro atoms. The Hall–Kier alpha value is -0.550. The van der Waals surface area contributed by atoms with Crippen molar-refractivity contribution in [1.29, 1.82) is 0 Å². The van der Waals surface area contributed by atoms with Crippen LogP contribution >= 0.6 is 11.6 Å². The number of hydrogen-bond donors (Lipinski definition) is 2. The van der Waals surface area contributed by atoms with Crippen molar-refractivity contribution < 1.29 is 9.52 Å². The summed E-state index contributed by atoms with van der Waals surface area (Å²) >= 11 is 5.69. The third kappa shape index (κ3) is 4.61. The maximum atomic E-state index is 9.55. The van der Waals surface area contributed by atoms with Gasteiger partial charge in [0.05, 0.1) is 12.6 Å². The van der Waals surface area contributed by atoms with Crippen LogP contribution in [-0.2, 0) is 6.54 Å². The topological polar surface area (TPSA) is 48.6 Å². The Kier molecular flexibility index (Phi) is 5.50. The van der Waals surface area contributed by atoms with Crippen molar-refractivity contribution >= 4 is 11.6 Å². The van der Waals surface area contributed by atoms with Crippen molar-refractivity contribution in [2.24, 2.45) is 0 Å². The predicted octanol–water partition coefficient (Wildman–Crippen LogP) is 1.87. The van der Waals surface area contributed by atoms with Crippen LogP contribution in [0.1, 0.15) is 25.0 Å². The Morgan fingerprint density at radius 2 is 2.39 bits per heavy atom. The van der Waals surface area contributed by atoms with Crippen molar-refractivity contribution in [3.05, 3.63) is 23.1 Å². The first-order valence-corrected chi connectivity index (χ1v) is 6.97. The van der Waals surface area contributed by atoms with Gasteiger partial charge in [-0.3, -0.25) is 0 Å². The molecular weight excluding hydrogens is 252 g/mol. The molecule has 18 heavy (non-hydrogen) atoms. The predicted molar refractivity (Wildman–Crippen MR) is 71.7 cm³/mol. The molecule has 0 aliphatic carbocycles. The molecular formula is C13H21ClN2O2. The first-order chi connectivity index (χ1) is 8.74. The lowest BCUT2D eigenvalue weighted by atomic mass is 10.1. The number of aliphatic hydroxyl groups excluding tert-OH is 1. The van der Waals surface area contributed by atoms with E-state index in [1.807, 2.05) is 6.07 Å². The molecule has 1 aromatic heterocycles. The van der Waals surface area contributed by atoms with Crippen molar-refractivity contribution in [1.82, 2.24) is 10.2 Å². The first kappa shape index (κ1) is 13.9. The number of aliphatic hydroxyl groups is 1. The number of rotatable bonds is 6. The standard InChI is InChI=1S/C13H21ClN2O2/c14-13-5-4-12(18-13)9-15-6-2-8-16-7-1-3-11(17)10-16/h4-5,11,15,17H,1-3,6-10H2. The summed E-state index contributed by atoms with van der Waals surface area (Å²) in [7, 11) is 0. The Morgan fingerprint density at radius 3 is 3.11 bits per heavy atom. The zero-order chi connectivity index (χ0) is 12.8. The number of hydrogen-bond acceptors (Lipinski definition) is 4. The highest BCUT2D eigenvalue weighted by Gasteiger charge is 2.16. The summed E-state index contributed by atoms with van der Waals surface area (Å²) in [5.74, 6) is 0.869. The maximum Gasteiger partial charge on any atom is 0.193 e. The average Bonchev–Trinajstić information content (AvgIpc) is 2.75. The van der Waals surface area contributed by atoms with E-state index in [1.54, 1.807) is 6.07 Å². The smallest absolute Gasteiger partial charge is 0.193 e. The molecule has 0 saturated carbocycles. The van der Waals surface area contributed by atoms with Gasteiger partial charge in [0.15, 0.2) is 5.22 Å². The molecule has 2 N–H and O–H groups in total. The van der Waals surface area contributed by atoms with Gasteiger partial charge in [0.2, 0.25) is 0 Å².